The van der Waals surface area contributed by atoms with Gasteiger partial charge in [-0.3, -0.25) is 9.69 Å². The second-order valence-corrected chi connectivity index (χ2v) is 7.41. The number of carbonyl (C=O) groups is 1. The molecule has 10 heteroatoms. The van der Waals surface area contributed by atoms with Crippen LogP contribution in [0.2, 0.25) is 0 Å². The topological polar surface area (TPSA) is 77.9 Å². The molecule has 1 heterocycles. The van der Waals surface area contributed by atoms with Crippen LogP contribution >= 0.6 is 0 Å². The zero-order chi connectivity index (χ0) is 18.1. The first-order chi connectivity index (χ1) is 11.0. The molecule has 1 fully saturated rings. The van der Waals surface area contributed by atoms with Crippen molar-refractivity contribution in [2.75, 3.05) is 26.2 Å². The predicted octanol–water partition coefficient (Wildman–Crippen LogP) is 1.48. The number of carboxylic acid groups (broad SMARTS) is 1. The first-order valence-electron chi connectivity index (χ1n) is 7.18. The van der Waals surface area contributed by atoms with Crippen LogP contribution in [0, 0.1) is 0 Å². The van der Waals surface area contributed by atoms with Crippen LogP contribution in [0.5, 0.6) is 0 Å². The lowest BCUT2D eigenvalue weighted by Gasteiger charge is -2.35. The molecule has 24 heavy (non-hydrogen) atoms. The molecular formula is C14H17F3N2O4S. The van der Waals surface area contributed by atoms with Crippen molar-refractivity contribution < 1.29 is 31.5 Å². The highest BCUT2D eigenvalue weighted by atomic mass is 32.2. The van der Waals surface area contributed by atoms with Gasteiger partial charge in [0, 0.05) is 26.2 Å². The van der Waals surface area contributed by atoms with E-state index in [9.17, 15) is 26.4 Å². The summed E-state index contributed by atoms with van der Waals surface area (Å²) < 4.78 is 63.7. The number of carboxylic acids is 1. The zero-order valence-corrected chi connectivity index (χ0v) is 13.6. The van der Waals surface area contributed by atoms with Gasteiger partial charge < -0.3 is 5.11 Å². The van der Waals surface area contributed by atoms with Gasteiger partial charge in [-0.05, 0) is 31.2 Å². The lowest BCUT2D eigenvalue weighted by atomic mass is 10.2. The number of nitrogens with zero attached hydrogens (tertiary/aromatic N) is 2. The van der Waals surface area contributed by atoms with Crippen LogP contribution in [-0.4, -0.2) is 60.9 Å². The highest BCUT2D eigenvalue weighted by Gasteiger charge is 2.33. The van der Waals surface area contributed by atoms with E-state index in [-0.39, 0.29) is 31.1 Å². The van der Waals surface area contributed by atoms with Crippen LogP contribution in [0.3, 0.4) is 0 Å². The fourth-order valence-electron chi connectivity index (χ4n) is 2.45. The molecule has 0 radical (unpaired) electrons. The number of benzene rings is 1. The fraction of sp³-hybridized carbons (Fsp3) is 0.500. The maximum Gasteiger partial charge on any atom is 0.416 e. The van der Waals surface area contributed by atoms with E-state index in [1.165, 1.54) is 6.92 Å². The van der Waals surface area contributed by atoms with E-state index in [4.69, 9.17) is 5.11 Å². The van der Waals surface area contributed by atoms with Gasteiger partial charge in [-0.1, -0.05) is 0 Å². The van der Waals surface area contributed by atoms with Crippen LogP contribution < -0.4 is 0 Å². The monoisotopic (exact) mass is 366 g/mol. The molecule has 1 atom stereocenters. The van der Waals surface area contributed by atoms with Crippen molar-refractivity contribution in [2.45, 2.75) is 24.0 Å². The number of aliphatic carboxylic acids is 1. The minimum atomic E-state index is -4.53. The van der Waals surface area contributed by atoms with E-state index in [0.717, 1.165) is 28.6 Å². The number of alkyl halides is 3. The molecule has 1 aromatic rings. The van der Waals surface area contributed by atoms with Gasteiger partial charge in [0.05, 0.1) is 10.5 Å². The van der Waals surface area contributed by atoms with Crippen LogP contribution in [-0.2, 0) is 21.0 Å². The highest BCUT2D eigenvalue weighted by Crippen LogP contribution is 2.30. The molecule has 1 aliphatic heterocycles. The van der Waals surface area contributed by atoms with Crippen molar-refractivity contribution in [3.05, 3.63) is 29.8 Å². The molecule has 134 valence electrons. The Bertz CT molecular complexity index is 696. The standard InChI is InChI=1S/C14H17F3N2O4S/c1-10(13(20)21)18-6-8-19(9-7-18)24(22,23)12-4-2-11(3-5-12)14(15,16)17/h2-5,10H,6-9H2,1H3,(H,20,21)/t10-/m0/s1. The molecule has 1 saturated heterocycles. The molecule has 0 saturated carbocycles. The lowest BCUT2D eigenvalue weighted by Crippen LogP contribution is -2.53. The molecule has 1 aromatic carbocycles. The molecule has 2 rings (SSSR count). The normalized spacial score (nSPS) is 19.2. The van der Waals surface area contributed by atoms with Gasteiger partial charge in [-0.25, -0.2) is 8.42 Å². The Morgan fingerprint density at radius 2 is 1.62 bits per heavy atom. The largest absolute Gasteiger partial charge is 0.480 e. The third-order valence-electron chi connectivity index (χ3n) is 4.00. The number of sulfonamides is 1. The maximum atomic E-state index is 12.5. The molecule has 1 aliphatic rings. The summed E-state index contributed by atoms with van der Waals surface area (Å²) in [5.41, 5.74) is -0.915. The van der Waals surface area contributed by atoms with Crippen LogP contribution in [0.4, 0.5) is 13.2 Å². The van der Waals surface area contributed by atoms with E-state index in [2.05, 4.69) is 0 Å². The predicted molar refractivity (Wildman–Crippen MR) is 78.9 cm³/mol. The molecule has 1 N–H and O–H groups in total. The maximum absolute atomic E-state index is 12.5. The quantitative estimate of drug-likeness (QED) is 0.874. The van der Waals surface area contributed by atoms with Crippen molar-refractivity contribution in [3.8, 4) is 0 Å². The Kier molecular flexibility index (Phi) is 5.21. The summed E-state index contributed by atoms with van der Waals surface area (Å²) >= 11 is 0. The summed E-state index contributed by atoms with van der Waals surface area (Å²) in [4.78, 5) is 12.4. The van der Waals surface area contributed by atoms with Gasteiger partial charge >= 0.3 is 12.1 Å². The molecule has 6 nitrogen and oxygen atoms in total. The molecule has 0 amide bonds. The van der Waals surface area contributed by atoms with Crippen LogP contribution in [0.15, 0.2) is 29.2 Å². The van der Waals surface area contributed by atoms with Crippen molar-refractivity contribution in [1.29, 1.82) is 0 Å². The molecular weight excluding hydrogens is 349 g/mol. The number of rotatable bonds is 4. The van der Waals surface area contributed by atoms with Gasteiger partial charge in [-0.15, -0.1) is 0 Å². The van der Waals surface area contributed by atoms with Crippen molar-refractivity contribution in [2.24, 2.45) is 0 Å². The number of hydrogen-bond donors (Lipinski definition) is 1. The first kappa shape index (κ1) is 18.7. The third kappa shape index (κ3) is 3.87. The third-order valence-corrected chi connectivity index (χ3v) is 5.91. The smallest absolute Gasteiger partial charge is 0.416 e. The van der Waals surface area contributed by atoms with Gasteiger partial charge in [0.25, 0.3) is 0 Å². The summed E-state index contributed by atoms with van der Waals surface area (Å²) in [6, 6.07) is 2.61. The average molecular weight is 366 g/mol. The minimum absolute atomic E-state index is 0.0843. The highest BCUT2D eigenvalue weighted by molar-refractivity contribution is 7.89. The second kappa shape index (κ2) is 6.69. The number of hydrogen-bond acceptors (Lipinski definition) is 4. The van der Waals surface area contributed by atoms with E-state index in [0.29, 0.717) is 0 Å². The van der Waals surface area contributed by atoms with Gasteiger partial charge in [-0.2, -0.15) is 17.5 Å². The molecule has 0 aromatic heterocycles. The summed E-state index contributed by atoms with van der Waals surface area (Å²) in [5, 5.41) is 8.96. The van der Waals surface area contributed by atoms with Crippen molar-refractivity contribution in [1.82, 2.24) is 9.21 Å². The second-order valence-electron chi connectivity index (χ2n) is 5.48. The van der Waals surface area contributed by atoms with Gasteiger partial charge in [0.1, 0.15) is 6.04 Å². The van der Waals surface area contributed by atoms with Gasteiger partial charge in [0.15, 0.2) is 0 Å². The minimum Gasteiger partial charge on any atom is -0.480 e. The Balaban J connectivity index is 2.11. The Labute approximate surface area is 137 Å². The van der Waals surface area contributed by atoms with Crippen molar-refractivity contribution >= 4 is 16.0 Å². The van der Waals surface area contributed by atoms with E-state index in [1.807, 2.05) is 0 Å². The summed E-state index contributed by atoms with van der Waals surface area (Å²) in [5.74, 6) is -0.992. The molecule has 0 spiro atoms. The lowest BCUT2D eigenvalue weighted by molar-refractivity contribution is -0.143. The summed E-state index contributed by atoms with van der Waals surface area (Å²) in [6.45, 7) is 2.17. The summed E-state index contributed by atoms with van der Waals surface area (Å²) in [6.07, 6.45) is -4.53. The van der Waals surface area contributed by atoms with E-state index in [1.54, 1.807) is 4.90 Å². The SMILES string of the molecule is C[C@@H](C(=O)O)N1CCN(S(=O)(=O)c2ccc(C(F)(F)F)cc2)CC1. The van der Waals surface area contributed by atoms with E-state index >= 15 is 0 Å². The fourth-order valence-corrected chi connectivity index (χ4v) is 3.87. The molecule has 0 aliphatic carbocycles. The number of piperazine rings is 1. The van der Waals surface area contributed by atoms with Crippen molar-refractivity contribution in [3.63, 3.8) is 0 Å². The Morgan fingerprint density at radius 1 is 1.12 bits per heavy atom. The van der Waals surface area contributed by atoms with Crippen LogP contribution in [0.25, 0.3) is 0 Å². The molecule has 0 unspecified atom stereocenters. The zero-order valence-electron chi connectivity index (χ0n) is 12.8. The van der Waals surface area contributed by atoms with Gasteiger partial charge in [0.2, 0.25) is 10.0 Å². The number of halogens is 3. The van der Waals surface area contributed by atoms with Crippen LogP contribution in [0.1, 0.15) is 12.5 Å². The van der Waals surface area contributed by atoms with E-state index < -0.39 is 33.8 Å². The average Bonchev–Trinajstić information content (AvgIpc) is 2.53. The Morgan fingerprint density at radius 3 is 2.04 bits per heavy atom. The Hall–Kier alpha value is -1.65. The summed E-state index contributed by atoms with van der Waals surface area (Å²) in [7, 11) is -3.90. The first-order valence-corrected chi connectivity index (χ1v) is 8.62. The molecule has 0 bridgehead atoms.